The molecule has 1 unspecified atom stereocenters. The van der Waals surface area contributed by atoms with Crippen LogP contribution in [0.1, 0.15) is 31.7 Å². The summed E-state index contributed by atoms with van der Waals surface area (Å²) in [6.45, 7) is 6.25. The van der Waals surface area contributed by atoms with Crippen molar-refractivity contribution in [3.8, 4) is 17.4 Å². The van der Waals surface area contributed by atoms with E-state index in [1.54, 1.807) is 13.2 Å². The summed E-state index contributed by atoms with van der Waals surface area (Å²) < 4.78 is 22.6. The van der Waals surface area contributed by atoms with E-state index < -0.39 is 0 Å². The minimum absolute atomic E-state index is 0.279. The fourth-order valence-electron chi connectivity index (χ4n) is 3.29. The first-order chi connectivity index (χ1) is 15.8. The van der Waals surface area contributed by atoms with Crippen LogP contribution in [0.4, 0.5) is 0 Å². The molecule has 2 aromatic rings. The molecule has 8 nitrogen and oxygen atoms in total. The molecule has 1 saturated heterocycles. The molecule has 1 aliphatic heterocycles. The van der Waals surface area contributed by atoms with Crippen molar-refractivity contribution in [2.24, 2.45) is 4.99 Å². The molecule has 0 amide bonds. The quantitative estimate of drug-likeness (QED) is 0.295. The topological polar surface area (TPSA) is 86.2 Å². The van der Waals surface area contributed by atoms with Crippen LogP contribution in [0.2, 0.25) is 0 Å². The van der Waals surface area contributed by atoms with Gasteiger partial charge in [0.05, 0.1) is 19.3 Å². The van der Waals surface area contributed by atoms with Crippen molar-refractivity contribution in [3.05, 3.63) is 48.2 Å². The van der Waals surface area contributed by atoms with E-state index in [-0.39, 0.29) is 6.10 Å². The first kappa shape index (κ1) is 23.8. The van der Waals surface area contributed by atoms with Gasteiger partial charge in [-0.2, -0.15) is 0 Å². The average molecular weight is 443 g/mol. The molecule has 0 radical (unpaired) electrons. The maximum atomic E-state index is 5.86. The van der Waals surface area contributed by atoms with Crippen LogP contribution in [0.3, 0.4) is 0 Å². The molecule has 0 saturated carbocycles. The Labute approximate surface area is 190 Å². The van der Waals surface area contributed by atoms with Gasteiger partial charge < -0.3 is 29.6 Å². The molecule has 1 aromatic carbocycles. The number of pyridine rings is 1. The highest BCUT2D eigenvalue weighted by atomic mass is 16.5. The van der Waals surface area contributed by atoms with Crippen LogP contribution >= 0.6 is 0 Å². The van der Waals surface area contributed by atoms with E-state index in [0.29, 0.717) is 38.0 Å². The van der Waals surface area contributed by atoms with Gasteiger partial charge in [-0.15, -0.1) is 0 Å². The minimum atomic E-state index is 0.279. The largest absolute Gasteiger partial charge is 0.494 e. The van der Waals surface area contributed by atoms with Gasteiger partial charge in [-0.05, 0) is 62.1 Å². The molecule has 3 rings (SSSR count). The molecule has 0 bridgehead atoms. The van der Waals surface area contributed by atoms with Gasteiger partial charge in [0, 0.05) is 45.6 Å². The zero-order chi connectivity index (χ0) is 22.4. The Hall–Kier alpha value is -2.84. The molecule has 0 spiro atoms. The summed E-state index contributed by atoms with van der Waals surface area (Å²) in [6, 6.07) is 11.4. The van der Waals surface area contributed by atoms with Gasteiger partial charge in [0.2, 0.25) is 5.88 Å². The molecule has 1 atom stereocenters. The summed E-state index contributed by atoms with van der Waals surface area (Å²) in [5.41, 5.74) is 1.05. The van der Waals surface area contributed by atoms with Crippen molar-refractivity contribution in [1.82, 2.24) is 15.6 Å². The zero-order valence-corrected chi connectivity index (χ0v) is 19.0. The van der Waals surface area contributed by atoms with Crippen LogP contribution in [0.25, 0.3) is 0 Å². The van der Waals surface area contributed by atoms with Gasteiger partial charge in [0.15, 0.2) is 5.96 Å². The summed E-state index contributed by atoms with van der Waals surface area (Å²) in [7, 11) is 1.76. The normalized spacial score (nSPS) is 16.1. The molecule has 1 aliphatic rings. The summed E-state index contributed by atoms with van der Waals surface area (Å²) >= 11 is 0. The van der Waals surface area contributed by atoms with E-state index in [1.165, 1.54) is 0 Å². The second-order valence-corrected chi connectivity index (χ2v) is 7.42. The van der Waals surface area contributed by atoms with Crippen LogP contribution in [0.15, 0.2) is 47.6 Å². The number of aliphatic imine (C=N–C) groups is 1. The van der Waals surface area contributed by atoms with E-state index in [9.17, 15) is 0 Å². The lowest BCUT2D eigenvalue weighted by Crippen LogP contribution is -2.37. The van der Waals surface area contributed by atoms with Gasteiger partial charge >= 0.3 is 0 Å². The molecule has 2 heterocycles. The van der Waals surface area contributed by atoms with Gasteiger partial charge in [-0.25, -0.2) is 4.98 Å². The predicted octanol–water partition coefficient (Wildman–Crippen LogP) is 3.52. The second kappa shape index (κ2) is 13.5. The maximum Gasteiger partial charge on any atom is 0.219 e. The Kier molecular flexibility index (Phi) is 10.1. The summed E-state index contributed by atoms with van der Waals surface area (Å²) in [6.07, 6.45) is 5.17. The molecular formula is C24H34N4O4. The van der Waals surface area contributed by atoms with Crippen LogP contribution in [0.5, 0.6) is 17.4 Å². The number of ether oxygens (including phenoxy) is 4. The fraction of sp³-hybridized carbons (Fsp3) is 0.500. The summed E-state index contributed by atoms with van der Waals surface area (Å²) in [5.74, 6) is 2.82. The van der Waals surface area contributed by atoms with Crippen molar-refractivity contribution in [1.29, 1.82) is 0 Å². The molecule has 0 aliphatic carbocycles. The van der Waals surface area contributed by atoms with Crippen molar-refractivity contribution in [2.75, 3.05) is 40.0 Å². The van der Waals surface area contributed by atoms with E-state index in [0.717, 1.165) is 49.7 Å². The van der Waals surface area contributed by atoms with Crippen molar-refractivity contribution < 1.29 is 18.9 Å². The summed E-state index contributed by atoms with van der Waals surface area (Å²) in [5, 5.41) is 6.62. The first-order valence-electron chi connectivity index (χ1n) is 11.3. The van der Waals surface area contributed by atoms with Crippen molar-refractivity contribution >= 4 is 5.96 Å². The Bertz CT molecular complexity index is 823. The highest BCUT2D eigenvalue weighted by Crippen LogP contribution is 2.23. The maximum absolute atomic E-state index is 5.86. The third kappa shape index (κ3) is 8.36. The Morgan fingerprint density at radius 2 is 2.03 bits per heavy atom. The number of nitrogens with one attached hydrogen (secondary N) is 2. The Morgan fingerprint density at radius 1 is 1.19 bits per heavy atom. The predicted molar refractivity (Wildman–Crippen MR) is 125 cm³/mol. The fourth-order valence-corrected chi connectivity index (χ4v) is 3.29. The van der Waals surface area contributed by atoms with Crippen LogP contribution in [0, 0.1) is 0 Å². The average Bonchev–Trinajstić information content (AvgIpc) is 3.33. The van der Waals surface area contributed by atoms with E-state index in [2.05, 4.69) is 20.6 Å². The van der Waals surface area contributed by atoms with E-state index in [4.69, 9.17) is 18.9 Å². The number of guanidine groups is 1. The number of rotatable bonds is 12. The number of nitrogens with zero attached hydrogens (tertiary/aromatic N) is 2. The Morgan fingerprint density at radius 3 is 2.78 bits per heavy atom. The standard InChI is InChI=1S/C24H34N4O4/c1-3-30-20-7-9-21(10-8-20)32-23-16-19(11-13-26-23)17-28-24(25-2)27-12-5-14-29-18-22-6-4-15-31-22/h7-11,13,16,22H,3-6,12,14-15,17-18H2,1-2H3,(H2,25,27,28). The SMILES string of the molecule is CCOc1ccc(Oc2cc(CNC(=NC)NCCCOCC3CCCO3)ccn2)cc1. The Balaban J connectivity index is 1.36. The number of benzene rings is 1. The second-order valence-electron chi connectivity index (χ2n) is 7.42. The molecule has 1 fully saturated rings. The third-order valence-corrected chi connectivity index (χ3v) is 4.93. The molecule has 174 valence electrons. The molecule has 32 heavy (non-hydrogen) atoms. The van der Waals surface area contributed by atoms with Gasteiger partial charge in [-0.3, -0.25) is 4.99 Å². The van der Waals surface area contributed by atoms with Crippen molar-refractivity contribution in [3.63, 3.8) is 0 Å². The summed E-state index contributed by atoms with van der Waals surface area (Å²) in [4.78, 5) is 8.57. The monoisotopic (exact) mass is 442 g/mol. The molecule has 2 N–H and O–H groups in total. The van der Waals surface area contributed by atoms with Gasteiger partial charge in [0.25, 0.3) is 0 Å². The van der Waals surface area contributed by atoms with Crippen LogP contribution < -0.4 is 20.1 Å². The molecule has 8 heteroatoms. The number of hydrogen-bond donors (Lipinski definition) is 2. The van der Waals surface area contributed by atoms with Crippen LogP contribution in [-0.2, 0) is 16.0 Å². The van der Waals surface area contributed by atoms with Gasteiger partial charge in [0.1, 0.15) is 11.5 Å². The zero-order valence-electron chi connectivity index (χ0n) is 19.0. The van der Waals surface area contributed by atoms with E-state index >= 15 is 0 Å². The highest BCUT2D eigenvalue weighted by Gasteiger charge is 2.14. The lowest BCUT2D eigenvalue weighted by molar-refractivity contribution is 0.0168. The molecule has 1 aromatic heterocycles. The minimum Gasteiger partial charge on any atom is -0.494 e. The lowest BCUT2D eigenvalue weighted by atomic mass is 10.2. The van der Waals surface area contributed by atoms with Gasteiger partial charge in [-0.1, -0.05) is 0 Å². The smallest absolute Gasteiger partial charge is 0.219 e. The lowest BCUT2D eigenvalue weighted by Gasteiger charge is -2.13. The highest BCUT2D eigenvalue weighted by molar-refractivity contribution is 5.79. The molecular weight excluding hydrogens is 408 g/mol. The van der Waals surface area contributed by atoms with Crippen molar-refractivity contribution in [2.45, 2.75) is 38.8 Å². The first-order valence-corrected chi connectivity index (χ1v) is 11.3. The van der Waals surface area contributed by atoms with E-state index in [1.807, 2.05) is 43.3 Å². The number of aromatic nitrogens is 1. The van der Waals surface area contributed by atoms with Crippen LogP contribution in [-0.4, -0.2) is 57.1 Å². The number of hydrogen-bond acceptors (Lipinski definition) is 6. The third-order valence-electron chi connectivity index (χ3n) is 4.93.